The van der Waals surface area contributed by atoms with Gasteiger partial charge in [-0.05, 0) is 45.4 Å². The SMILES string of the molecule is CC(C)C1CNC(C)(C)CN1CCC1CCCCO1. The van der Waals surface area contributed by atoms with Crippen LogP contribution < -0.4 is 5.32 Å². The molecular formula is C16H32N2O. The minimum absolute atomic E-state index is 0.249. The summed E-state index contributed by atoms with van der Waals surface area (Å²) in [5.74, 6) is 0.718. The Kier molecular flexibility index (Phi) is 5.27. The lowest BCUT2D eigenvalue weighted by Gasteiger charge is -2.46. The summed E-state index contributed by atoms with van der Waals surface area (Å²) in [6.07, 6.45) is 5.60. The van der Waals surface area contributed by atoms with E-state index in [-0.39, 0.29) is 5.54 Å². The smallest absolute Gasteiger partial charge is 0.0587 e. The maximum absolute atomic E-state index is 5.87. The lowest BCUT2D eigenvalue weighted by atomic mass is 9.92. The average molecular weight is 268 g/mol. The fourth-order valence-electron chi connectivity index (χ4n) is 3.44. The van der Waals surface area contributed by atoms with Crippen LogP contribution in [0.4, 0.5) is 0 Å². The Hall–Kier alpha value is -0.120. The lowest BCUT2D eigenvalue weighted by Crippen LogP contribution is -2.63. The van der Waals surface area contributed by atoms with Crippen LogP contribution in [0.3, 0.4) is 0 Å². The lowest BCUT2D eigenvalue weighted by molar-refractivity contribution is -0.00656. The molecule has 2 saturated heterocycles. The molecule has 2 aliphatic heterocycles. The monoisotopic (exact) mass is 268 g/mol. The Bertz CT molecular complexity index is 272. The van der Waals surface area contributed by atoms with Gasteiger partial charge >= 0.3 is 0 Å². The third-order valence-corrected chi connectivity index (χ3v) is 4.64. The van der Waals surface area contributed by atoms with Gasteiger partial charge in [0.2, 0.25) is 0 Å². The fourth-order valence-corrected chi connectivity index (χ4v) is 3.44. The van der Waals surface area contributed by atoms with Gasteiger partial charge in [-0.2, -0.15) is 0 Å². The molecule has 2 heterocycles. The van der Waals surface area contributed by atoms with E-state index in [1.54, 1.807) is 0 Å². The Balaban J connectivity index is 1.86. The van der Waals surface area contributed by atoms with Crippen molar-refractivity contribution in [3.63, 3.8) is 0 Å². The first-order valence-electron chi connectivity index (χ1n) is 8.08. The van der Waals surface area contributed by atoms with Crippen LogP contribution in [0.5, 0.6) is 0 Å². The van der Waals surface area contributed by atoms with E-state index in [9.17, 15) is 0 Å². The second kappa shape index (κ2) is 6.55. The summed E-state index contributed by atoms with van der Waals surface area (Å²) < 4.78 is 5.87. The Morgan fingerprint density at radius 1 is 1.32 bits per heavy atom. The molecule has 2 rings (SSSR count). The number of hydrogen-bond donors (Lipinski definition) is 1. The van der Waals surface area contributed by atoms with Crippen molar-refractivity contribution in [3.8, 4) is 0 Å². The van der Waals surface area contributed by atoms with Gasteiger partial charge in [0.25, 0.3) is 0 Å². The van der Waals surface area contributed by atoms with E-state index < -0.39 is 0 Å². The van der Waals surface area contributed by atoms with Gasteiger partial charge in [0.1, 0.15) is 0 Å². The van der Waals surface area contributed by atoms with Crippen molar-refractivity contribution in [2.24, 2.45) is 5.92 Å². The molecule has 0 spiro atoms. The molecule has 0 bridgehead atoms. The number of nitrogens with zero attached hydrogens (tertiary/aromatic N) is 1. The number of nitrogens with one attached hydrogen (secondary N) is 1. The molecule has 2 unspecified atom stereocenters. The first-order valence-corrected chi connectivity index (χ1v) is 8.08. The van der Waals surface area contributed by atoms with Gasteiger partial charge in [-0.15, -0.1) is 0 Å². The summed E-state index contributed by atoms with van der Waals surface area (Å²) in [6, 6.07) is 0.677. The first kappa shape index (κ1) is 15.3. The summed E-state index contributed by atoms with van der Waals surface area (Å²) in [5, 5.41) is 3.68. The minimum atomic E-state index is 0.249. The van der Waals surface area contributed by atoms with Gasteiger partial charge in [-0.1, -0.05) is 13.8 Å². The Labute approximate surface area is 119 Å². The van der Waals surface area contributed by atoms with E-state index in [2.05, 4.69) is 37.9 Å². The van der Waals surface area contributed by atoms with E-state index in [0.29, 0.717) is 12.1 Å². The highest BCUT2D eigenvalue weighted by atomic mass is 16.5. The van der Waals surface area contributed by atoms with Crippen molar-refractivity contribution in [2.75, 3.05) is 26.2 Å². The van der Waals surface area contributed by atoms with Gasteiger partial charge < -0.3 is 10.1 Å². The zero-order chi connectivity index (χ0) is 13.9. The maximum Gasteiger partial charge on any atom is 0.0587 e. The van der Waals surface area contributed by atoms with E-state index in [0.717, 1.165) is 25.6 Å². The second-order valence-electron chi connectivity index (χ2n) is 7.32. The van der Waals surface area contributed by atoms with E-state index in [4.69, 9.17) is 4.74 Å². The molecule has 3 heteroatoms. The highest BCUT2D eigenvalue weighted by Crippen LogP contribution is 2.22. The zero-order valence-corrected chi connectivity index (χ0v) is 13.2. The topological polar surface area (TPSA) is 24.5 Å². The van der Waals surface area contributed by atoms with Gasteiger partial charge in [0.05, 0.1) is 6.10 Å². The summed E-state index contributed by atoms with van der Waals surface area (Å²) in [4.78, 5) is 2.69. The van der Waals surface area contributed by atoms with Crippen LogP contribution in [0.15, 0.2) is 0 Å². The van der Waals surface area contributed by atoms with Crippen molar-refractivity contribution in [2.45, 2.75) is 71.1 Å². The summed E-state index contributed by atoms with van der Waals surface area (Å²) >= 11 is 0. The fraction of sp³-hybridized carbons (Fsp3) is 1.00. The summed E-state index contributed by atoms with van der Waals surface area (Å²) in [7, 11) is 0. The van der Waals surface area contributed by atoms with Crippen molar-refractivity contribution < 1.29 is 4.74 Å². The van der Waals surface area contributed by atoms with Crippen molar-refractivity contribution in [3.05, 3.63) is 0 Å². The van der Waals surface area contributed by atoms with Gasteiger partial charge in [0.15, 0.2) is 0 Å². The molecule has 3 nitrogen and oxygen atoms in total. The predicted octanol–water partition coefficient (Wildman–Crippen LogP) is 2.65. The first-order chi connectivity index (χ1) is 8.98. The molecule has 2 atom stereocenters. The third kappa shape index (κ3) is 4.44. The predicted molar refractivity (Wildman–Crippen MR) is 80.5 cm³/mol. The van der Waals surface area contributed by atoms with E-state index in [1.807, 2.05) is 0 Å². The molecule has 112 valence electrons. The van der Waals surface area contributed by atoms with Gasteiger partial charge in [-0.25, -0.2) is 0 Å². The number of ether oxygens (including phenoxy) is 1. The Morgan fingerprint density at radius 2 is 2.11 bits per heavy atom. The van der Waals surface area contributed by atoms with Crippen molar-refractivity contribution in [1.82, 2.24) is 10.2 Å². The van der Waals surface area contributed by atoms with Crippen molar-refractivity contribution in [1.29, 1.82) is 0 Å². The largest absolute Gasteiger partial charge is 0.378 e. The average Bonchev–Trinajstić information content (AvgIpc) is 2.36. The molecule has 19 heavy (non-hydrogen) atoms. The number of rotatable bonds is 4. The molecule has 2 aliphatic rings. The highest BCUT2D eigenvalue weighted by Gasteiger charge is 2.33. The van der Waals surface area contributed by atoms with Gasteiger partial charge in [0, 0.05) is 37.8 Å². The molecule has 2 fully saturated rings. The maximum atomic E-state index is 5.87. The van der Waals surface area contributed by atoms with Crippen LogP contribution in [-0.2, 0) is 4.74 Å². The Morgan fingerprint density at radius 3 is 2.74 bits per heavy atom. The molecule has 0 aromatic carbocycles. The second-order valence-corrected chi connectivity index (χ2v) is 7.32. The molecular weight excluding hydrogens is 236 g/mol. The molecule has 1 N–H and O–H groups in total. The summed E-state index contributed by atoms with van der Waals surface area (Å²) in [6.45, 7) is 13.8. The minimum Gasteiger partial charge on any atom is -0.378 e. The standard InChI is InChI=1S/C16H32N2O/c1-13(2)15-11-17-16(3,4)12-18(15)9-8-14-7-5-6-10-19-14/h13-15,17H,5-12H2,1-4H3. The molecule has 0 aromatic rings. The van der Waals surface area contributed by atoms with Crippen molar-refractivity contribution >= 4 is 0 Å². The van der Waals surface area contributed by atoms with E-state index >= 15 is 0 Å². The molecule has 0 radical (unpaired) electrons. The summed E-state index contributed by atoms with van der Waals surface area (Å²) in [5.41, 5.74) is 0.249. The quantitative estimate of drug-likeness (QED) is 0.848. The van der Waals surface area contributed by atoms with Gasteiger partial charge in [-0.3, -0.25) is 4.90 Å². The van der Waals surface area contributed by atoms with Crippen LogP contribution in [-0.4, -0.2) is 48.8 Å². The van der Waals surface area contributed by atoms with E-state index in [1.165, 1.54) is 32.2 Å². The van der Waals surface area contributed by atoms with Crippen LogP contribution in [0.2, 0.25) is 0 Å². The molecule has 0 saturated carbocycles. The highest BCUT2D eigenvalue weighted by molar-refractivity contribution is 4.93. The molecule has 0 aromatic heterocycles. The van der Waals surface area contributed by atoms with Crippen LogP contribution >= 0.6 is 0 Å². The molecule has 0 aliphatic carbocycles. The zero-order valence-electron chi connectivity index (χ0n) is 13.2. The van der Waals surface area contributed by atoms with Crippen LogP contribution in [0.1, 0.15) is 53.4 Å². The van der Waals surface area contributed by atoms with Crippen LogP contribution in [0.25, 0.3) is 0 Å². The number of hydrogen-bond acceptors (Lipinski definition) is 3. The number of piperazine rings is 1. The molecule has 0 amide bonds. The normalized spacial score (nSPS) is 32.7. The third-order valence-electron chi connectivity index (χ3n) is 4.64. The van der Waals surface area contributed by atoms with Crippen LogP contribution in [0, 0.1) is 5.92 Å².